The smallest absolute Gasteiger partial charge is 0.281 e. The maximum absolute atomic E-state index is 12.0. The number of carbonyl (C=O) groups is 1. The molecule has 1 aliphatic heterocycles. The molecule has 1 aliphatic rings. The molecule has 2 rings (SSSR count). The minimum absolute atomic E-state index is 0.318. The van der Waals surface area contributed by atoms with Gasteiger partial charge in [-0.1, -0.05) is 0 Å². The zero-order valence-electron chi connectivity index (χ0n) is 11.4. The lowest BCUT2D eigenvalue weighted by Gasteiger charge is -2.35. The third-order valence-electron chi connectivity index (χ3n) is 3.09. The van der Waals surface area contributed by atoms with Gasteiger partial charge < -0.3 is 4.90 Å². The number of carbonyl (C=O) groups excluding carboxylic acids is 1. The fraction of sp³-hybridized carbons (Fsp3) is 0.545. The van der Waals surface area contributed by atoms with Crippen LogP contribution in [0, 0.1) is 0 Å². The molecule has 0 unspecified atom stereocenters. The van der Waals surface area contributed by atoms with Gasteiger partial charge in [-0.2, -0.15) is 17.0 Å². The molecule has 0 N–H and O–H groups in total. The van der Waals surface area contributed by atoms with E-state index in [2.05, 4.69) is 9.97 Å². The zero-order chi connectivity index (χ0) is 14.8. The van der Waals surface area contributed by atoms with Gasteiger partial charge in [0, 0.05) is 46.5 Å². The van der Waals surface area contributed by atoms with Crippen LogP contribution in [0.25, 0.3) is 0 Å². The quantitative estimate of drug-likeness (QED) is 0.678. The van der Waals surface area contributed by atoms with Crippen molar-refractivity contribution in [1.29, 1.82) is 0 Å². The first-order valence-electron chi connectivity index (χ1n) is 6.16. The lowest BCUT2D eigenvalue weighted by atomic mass is 10.4. The Morgan fingerprint density at radius 1 is 1.25 bits per heavy atom. The van der Waals surface area contributed by atoms with Gasteiger partial charge in [-0.05, 0) is 6.07 Å². The molecular formula is C11H17N5O3S. The summed E-state index contributed by atoms with van der Waals surface area (Å²) in [5, 5.41) is 0. The molecule has 0 spiro atoms. The fourth-order valence-electron chi connectivity index (χ4n) is 1.93. The Bertz CT molecular complexity index is 581. The van der Waals surface area contributed by atoms with E-state index in [-0.39, 0.29) is 0 Å². The van der Waals surface area contributed by atoms with Gasteiger partial charge in [0.05, 0.1) is 0 Å². The summed E-state index contributed by atoms with van der Waals surface area (Å²) in [6.45, 7) is 1.73. The number of hydrogen-bond donors (Lipinski definition) is 0. The number of nitrogens with zero attached hydrogens (tertiary/aromatic N) is 5. The molecule has 2 heterocycles. The van der Waals surface area contributed by atoms with E-state index < -0.39 is 10.2 Å². The molecule has 20 heavy (non-hydrogen) atoms. The Kier molecular flexibility index (Phi) is 4.31. The van der Waals surface area contributed by atoms with E-state index in [1.807, 2.05) is 4.90 Å². The monoisotopic (exact) mass is 299 g/mol. The van der Waals surface area contributed by atoms with Crippen molar-refractivity contribution in [3.63, 3.8) is 0 Å². The van der Waals surface area contributed by atoms with Crippen molar-refractivity contribution < 1.29 is 13.2 Å². The molecule has 0 aliphatic carbocycles. The maximum atomic E-state index is 12.0. The van der Waals surface area contributed by atoms with Crippen LogP contribution in [-0.4, -0.2) is 73.6 Å². The van der Waals surface area contributed by atoms with Gasteiger partial charge in [0.15, 0.2) is 6.29 Å². The number of anilines is 1. The van der Waals surface area contributed by atoms with Gasteiger partial charge in [-0.15, -0.1) is 0 Å². The predicted molar refractivity (Wildman–Crippen MR) is 73.8 cm³/mol. The summed E-state index contributed by atoms with van der Waals surface area (Å²) in [5.74, 6) is 0.455. The molecular weight excluding hydrogens is 282 g/mol. The summed E-state index contributed by atoms with van der Waals surface area (Å²) in [5.41, 5.74) is 0.318. The Morgan fingerprint density at radius 3 is 2.45 bits per heavy atom. The summed E-state index contributed by atoms with van der Waals surface area (Å²) >= 11 is 0. The van der Waals surface area contributed by atoms with E-state index in [1.165, 1.54) is 35.0 Å². The lowest BCUT2D eigenvalue weighted by Crippen LogP contribution is -2.52. The molecule has 0 atom stereocenters. The molecule has 0 bridgehead atoms. The number of aromatic nitrogens is 2. The summed E-state index contributed by atoms with van der Waals surface area (Å²) in [6.07, 6.45) is 2.19. The maximum Gasteiger partial charge on any atom is 0.281 e. The molecule has 1 aromatic heterocycles. The van der Waals surface area contributed by atoms with Crippen LogP contribution >= 0.6 is 0 Å². The molecule has 8 nitrogen and oxygen atoms in total. The highest BCUT2D eigenvalue weighted by atomic mass is 32.2. The standard InChI is InChI=1S/C11H17N5O3S/c1-14(2)20(18,19)16-7-5-15(6-8-16)11-12-4-3-10(9-17)13-11/h3-4,9H,5-8H2,1-2H3. The highest BCUT2D eigenvalue weighted by Crippen LogP contribution is 2.14. The van der Waals surface area contributed by atoms with Crippen LogP contribution in [0.5, 0.6) is 0 Å². The van der Waals surface area contributed by atoms with Gasteiger partial charge in [0.1, 0.15) is 5.69 Å². The molecule has 0 saturated carbocycles. The molecule has 0 radical (unpaired) electrons. The molecule has 0 amide bonds. The average molecular weight is 299 g/mol. The first-order valence-corrected chi connectivity index (χ1v) is 7.55. The van der Waals surface area contributed by atoms with Crippen molar-refractivity contribution in [2.45, 2.75) is 0 Å². The van der Waals surface area contributed by atoms with Crippen LogP contribution in [-0.2, 0) is 10.2 Å². The summed E-state index contributed by atoms with van der Waals surface area (Å²) < 4.78 is 26.6. The van der Waals surface area contributed by atoms with Crippen molar-refractivity contribution in [3.8, 4) is 0 Å². The Morgan fingerprint density at radius 2 is 1.90 bits per heavy atom. The summed E-state index contributed by atoms with van der Waals surface area (Å²) in [7, 11) is -0.351. The number of hydrogen-bond acceptors (Lipinski definition) is 6. The Balaban J connectivity index is 2.06. The minimum atomic E-state index is -3.38. The molecule has 1 fully saturated rings. The number of rotatable bonds is 4. The normalized spacial score (nSPS) is 17.4. The van der Waals surface area contributed by atoms with Crippen LogP contribution in [0.1, 0.15) is 10.5 Å². The van der Waals surface area contributed by atoms with Gasteiger partial charge >= 0.3 is 0 Å². The van der Waals surface area contributed by atoms with E-state index in [1.54, 1.807) is 0 Å². The topological polar surface area (TPSA) is 86.7 Å². The van der Waals surface area contributed by atoms with Gasteiger partial charge in [0.25, 0.3) is 10.2 Å². The van der Waals surface area contributed by atoms with Crippen LogP contribution < -0.4 is 4.90 Å². The first-order chi connectivity index (χ1) is 9.45. The Hall–Kier alpha value is -1.58. The minimum Gasteiger partial charge on any atom is -0.338 e. The second kappa shape index (κ2) is 5.81. The van der Waals surface area contributed by atoms with Crippen LogP contribution in [0.4, 0.5) is 5.95 Å². The van der Waals surface area contributed by atoms with Crippen molar-refractivity contribution in [2.24, 2.45) is 0 Å². The molecule has 110 valence electrons. The van der Waals surface area contributed by atoms with Crippen LogP contribution in [0.3, 0.4) is 0 Å². The van der Waals surface area contributed by atoms with Gasteiger partial charge in [-0.25, -0.2) is 9.97 Å². The van der Waals surface area contributed by atoms with E-state index in [0.717, 1.165) is 0 Å². The fourth-order valence-corrected chi connectivity index (χ4v) is 3.02. The van der Waals surface area contributed by atoms with E-state index in [4.69, 9.17) is 0 Å². The SMILES string of the molecule is CN(C)S(=O)(=O)N1CCN(c2nccc(C=O)n2)CC1. The predicted octanol–water partition coefficient (Wildman–Crippen LogP) is -0.782. The van der Waals surface area contributed by atoms with E-state index >= 15 is 0 Å². The van der Waals surface area contributed by atoms with E-state index in [9.17, 15) is 13.2 Å². The number of piperazine rings is 1. The second-order valence-corrected chi connectivity index (χ2v) is 6.72. The van der Waals surface area contributed by atoms with Crippen LogP contribution in [0.2, 0.25) is 0 Å². The highest BCUT2D eigenvalue weighted by molar-refractivity contribution is 7.86. The largest absolute Gasteiger partial charge is 0.338 e. The van der Waals surface area contributed by atoms with Gasteiger partial charge in [-0.3, -0.25) is 4.79 Å². The zero-order valence-corrected chi connectivity index (χ0v) is 12.2. The van der Waals surface area contributed by atoms with Crippen molar-refractivity contribution in [2.75, 3.05) is 45.2 Å². The van der Waals surface area contributed by atoms with Crippen molar-refractivity contribution in [1.82, 2.24) is 18.6 Å². The van der Waals surface area contributed by atoms with Crippen molar-refractivity contribution >= 4 is 22.4 Å². The Labute approximate surface area is 118 Å². The van der Waals surface area contributed by atoms with E-state index in [0.29, 0.717) is 44.1 Å². The molecule has 1 saturated heterocycles. The third-order valence-corrected chi connectivity index (χ3v) is 5.03. The van der Waals surface area contributed by atoms with Crippen LogP contribution in [0.15, 0.2) is 12.3 Å². The summed E-state index contributed by atoms with van der Waals surface area (Å²) in [6, 6.07) is 1.53. The average Bonchev–Trinajstić information content (AvgIpc) is 2.47. The van der Waals surface area contributed by atoms with Crippen molar-refractivity contribution in [3.05, 3.63) is 18.0 Å². The number of aldehydes is 1. The summed E-state index contributed by atoms with van der Waals surface area (Å²) in [4.78, 5) is 20.8. The molecule has 1 aromatic rings. The molecule has 9 heteroatoms. The third kappa shape index (κ3) is 2.94. The highest BCUT2D eigenvalue weighted by Gasteiger charge is 2.29. The second-order valence-electron chi connectivity index (χ2n) is 4.58. The lowest BCUT2D eigenvalue weighted by molar-refractivity contribution is 0.111. The first kappa shape index (κ1) is 14.8. The molecule has 0 aromatic carbocycles. The van der Waals surface area contributed by atoms with Gasteiger partial charge in [0.2, 0.25) is 5.95 Å².